The second-order valence-corrected chi connectivity index (χ2v) is 5.15. The fraction of sp³-hybridized carbons (Fsp3) is 0.250. The Morgan fingerprint density at radius 2 is 1.91 bits per heavy atom. The third-order valence-corrected chi connectivity index (χ3v) is 3.26. The van der Waals surface area contributed by atoms with Gasteiger partial charge in [0.05, 0.1) is 4.92 Å². The van der Waals surface area contributed by atoms with Crippen LogP contribution in [0.4, 0.5) is 11.4 Å². The lowest BCUT2D eigenvalue weighted by atomic mass is 10.0. The minimum atomic E-state index is -0.860. The van der Waals surface area contributed by atoms with Crippen molar-refractivity contribution in [2.45, 2.75) is 25.1 Å². The number of hydrogen-bond donors (Lipinski definition) is 3. The quantitative estimate of drug-likeness (QED) is 0.414. The van der Waals surface area contributed by atoms with Crippen LogP contribution >= 0.6 is 0 Å². The number of nitro groups is 1. The molecule has 2 aromatic rings. The molecule has 2 unspecified atom stereocenters. The molecule has 22 heavy (non-hydrogen) atoms. The van der Waals surface area contributed by atoms with Crippen molar-refractivity contribution in [3.8, 4) is 0 Å². The first-order chi connectivity index (χ1) is 10.5. The number of nitro benzene ring substituents is 1. The molecule has 0 aliphatic carbocycles. The molecular weight excluding hydrogens is 282 g/mol. The number of nitrogens with one attached hydrogen (secondary N) is 1. The molecule has 2 rings (SSSR count). The van der Waals surface area contributed by atoms with Crippen LogP contribution in [0.2, 0.25) is 0 Å². The zero-order chi connectivity index (χ0) is 15.9. The summed E-state index contributed by atoms with van der Waals surface area (Å²) in [5, 5.41) is 23.6. The SMILES string of the molecule is NC(Cc1ccccc1)CC(O)Nc1cccc([N+](=O)[O-])c1. The maximum atomic E-state index is 10.7. The molecule has 0 bridgehead atoms. The van der Waals surface area contributed by atoms with Gasteiger partial charge in [0.25, 0.3) is 5.69 Å². The Balaban J connectivity index is 1.88. The fourth-order valence-corrected chi connectivity index (χ4v) is 2.25. The molecule has 2 aromatic carbocycles. The van der Waals surface area contributed by atoms with Gasteiger partial charge in [-0.1, -0.05) is 36.4 Å². The van der Waals surface area contributed by atoms with Crippen LogP contribution in [0.3, 0.4) is 0 Å². The van der Waals surface area contributed by atoms with Crippen LogP contribution in [-0.2, 0) is 6.42 Å². The van der Waals surface area contributed by atoms with E-state index < -0.39 is 11.2 Å². The van der Waals surface area contributed by atoms with Crippen molar-refractivity contribution < 1.29 is 10.0 Å². The minimum Gasteiger partial charge on any atom is -0.374 e. The van der Waals surface area contributed by atoms with Crippen molar-refractivity contribution in [3.05, 3.63) is 70.3 Å². The molecule has 0 aliphatic rings. The summed E-state index contributed by atoms with van der Waals surface area (Å²) in [6.07, 6.45) is 0.146. The van der Waals surface area contributed by atoms with Crippen LogP contribution in [0.5, 0.6) is 0 Å². The van der Waals surface area contributed by atoms with Gasteiger partial charge in [-0.15, -0.1) is 0 Å². The molecule has 0 heterocycles. The van der Waals surface area contributed by atoms with Crippen molar-refractivity contribution in [3.63, 3.8) is 0 Å². The van der Waals surface area contributed by atoms with Gasteiger partial charge in [0.1, 0.15) is 6.23 Å². The average molecular weight is 301 g/mol. The summed E-state index contributed by atoms with van der Waals surface area (Å²) < 4.78 is 0. The molecule has 0 aromatic heterocycles. The lowest BCUT2D eigenvalue weighted by Gasteiger charge is -2.18. The Hall–Kier alpha value is -2.44. The molecule has 116 valence electrons. The average Bonchev–Trinajstić information content (AvgIpc) is 2.48. The Morgan fingerprint density at radius 3 is 2.59 bits per heavy atom. The number of anilines is 1. The van der Waals surface area contributed by atoms with E-state index >= 15 is 0 Å². The highest BCUT2D eigenvalue weighted by molar-refractivity contribution is 5.51. The third kappa shape index (κ3) is 4.83. The Labute approximate surface area is 128 Å². The van der Waals surface area contributed by atoms with Crippen LogP contribution in [0, 0.1) is 10.1 Å². The molecule has 0 spiro atoms. The standard InChI is InChI=1S/C16H19N3O3/c17-13(9-12-5-2-1-3-6-12)10-16(20)18-14-7-4-8-15(11-14)19(21)22/h1-8,11,13,16,18,20H,9-10,17H2. The van der Waals surface area contributed by atoms with Crippen molar-refractivity contribution in [1.82, 2.24) is 0 Å². The molecule has 0 radical (unpaired) electrons. The highest BCUT2D eigenvalue weighted by Crippen LogP contribution is 2.18. The largest absolute Gasteiger partial charge is 0.374 e. The Kier molecular flexibility index (Phi) is 5.46. The molecule has 0 saturated carbocycles. The second-order valence-electron chi connectivity index (χ2n) is 5.15. The number of hydrogen-bond acceptors (Lipinski definition) is 5. The number of rotatable bonds is 7. The number of nitrogens with two attached hydrogens (primary N) is 1. The Morgan fingerprint density at radius 1 is 1.18 bits per heavy atom. The highest BCUT2D eigenvalue weighted by atomic mass is 16.6. The van der Waals surface area contributed by atoms with E-state index in [1.54, 1.807) is 12.1 Å². The van der Waals surface area contributed by atoms with Crippen molar-refractivity contribution in [1.29, 1.82) is 0 Å². The number of aliphatic hydroxyl groups excluding tert-OH is 1. The van der Waals surface area contributed by atoms with E-state index in [1.807, 2.05) is 30.3 Å². The first kappa shape index (κ1) is 15.9. The van der Waals surface area contributed by atoms with E-state index in [9.17, 15) is 15.2 Å². The normalized spacial score (nSPS) is 13.4. The highest BCUT2D eigenvalue weighted by Gasteiger charge is 2.13. The minimum absolute atomic E-state index is 0.0224. The van der Waals surface area contributed by atoms with Crippen LogP contribution in [0.1, 0.15) is 12.0 Å². The van der Waals surface area contributed by atoms with Crippen LogP contribution in [0.15, 0.2) is 54.6 Å². The summed E-state index contributed by atoms with van der Waals surface area (Å²) in [6.45, 7) is 0. The van der Waals surface area contributed by atoms with E-state index in [2.05, 4.69) is 5.32 Å². The van der Waals surface area contributed by atoms with E-state index in [0.717, 1.165) is 5.56 Å². The zero-order valence-electron chi connectivity index (χ0n) is 12.1. The monoisotopic (exact) mass is 301 g/mol. The maximum absolute atomic E-state index is 10.7. The van der Waals surface area contributed by atoms with Crippen LogP contribution < -0.4 is 11.1 Å². The van der Waals surface area contributed by atoms with Gasteiger partial charge in [0.2, 0.25) is 0 Å². The lowest BCUT2D eigenvalue weighted by Crippen LogP contribution is -2.32. The zero-order valence-corrected chi connectivity index (χ0v) is 12.1. The van der Waals surface area contributed by atoms with E-state index in [-0.39, 0.29) is 11.7 Å². The molecule has 0 fully saturated rings. The maximum Gasteiger partial charge on any atom is 0.271 e. The summed E-state index contributed by atoms with van der Waals surface area (Å²) >= 11 is 0. The first-order valence-electron chi connectivity index (χ1n) is 7.03. The number of non-ortho nitro benzene ring substituents is 1. The van der Waals surface area contributed by atoms with Crippen molar-refractivity contribution in [2.75, 3.05) is 5.32 Å². The van der Waals surface area contributed by atoms with Crippen molar-refractivity contribution in [2.24, 2.45) is 5.73 Å². The van der Waals surface area contributed by atoms with Gasteiger partial charge in [-0.25, -0.2) is 0 Å². The summed E-state index contributed by atoms with van der Waals surface area (Å²) in [5.41, 5.74) is 7.61. The molecular formula is C16H19N3O3. The summed E-state index contributed by atoms with van der Waals surface area (Å²) in [5.74, 6) is 0. The molecule has 4 N–H and O–H groups in total. The van der Waals surface area contributed by atoms with Gasteiger partial charge >= 0.3 is 0 Å². The van der Waals surface area contributed by atoms with Gasteiger partial charge in [-0.05, 0) is 18.1 Å². The molecule has 6 heteroatoms. The predicted octanol–water partition coefficient (Wildman–Crippen LogP) is 2.29. The predicted molar refractivity (Wildman–Crippen MR) is 85.5 cm³/mol. The topological polar surface area (TPSA) is 101 Å². The van der Waals surface area contributed by atoms with E-state index in [0.29, 0.717) is 18.5 Å². The van der Waals surface area contributed by atoms with Gasteiger partial charge in [0, 0.05) is 30.3 Å². The van der Waals surface area contributed by atoms with Gasteiger partial charge in [0.15, 0.2) is 0 Å². The first-order valence-corrected chi connectivity index (χ1v) is 7.03. The molecule has 2 atom stereocenters. The molecule has 0 saturated heterocycles. The van der Waals surface area contributed by atoms with Crippen LogP contribution in [-0.4, -0.2) is 22.3 Å². The van der Waals surface area contributed by atoms with E-state index in [1.165, 1.54) is 12.1 Å². The fourth-order valence-electron chi connectivity index (χ4n) is 2.25. The van der Waals surface area contributed by atoms with E-state index in [4.69, 9.17) is 5.73 Å². The number of aliphatic hydroxyl groups is 1. The van der Waals surface area contributed by atoms with Crippen molar-refractivity contribution >= 4 is 11.4 Å². The van der Waals surface area contributed by atoms with Gasteiger partial charge in [-0.2, -0.15) is 0 Å². The van der Waals surface area contributed by atoms with Crippen LogP contribution in [0.25, 0.3) is 0 Å². The van der Waals surface area contributed by atoms with Gasteiger partial charge < -0.3 is 16.2 Å². The molecule has 0 aliphatic heterocycles. The lowest BCUT2D eigenvalue weighted by molar-refractivity contribution is -0.384. The third-order valence-electron chi connectivity index (χ3n) is 3.26. The summed E-state index contributed by atoms with van der Waals surface area (Å²) in [6, 6.07) is 15.6. The Bertz CT molecular complexity index is 619. The summed E-state index contributed by atoms with van der Waals surface area (Å²) in [4.78, 5) is 10.2. The molecule has 6 nitrogen and oxygen atoms in total. The second kappa shape index (κ2) is 7.53. The number of nitrogens with zero attached hydrogens (tertiary/aromatic N) is 1. The number of benzene rings is 2. The molecule has 0 amide bonds. The summed E-state index contributed by atoms with van der Waals surface area (Å²) in [7, 11) is 0. The smallest absolute Gasteiger partial charge is 0.271 e. The van der Waals surface area contributed by atoms with Gasteiger partial charge in [-0.3, -0.25) is 10.1 Å².